The molecular formula is C20H30O4. The number of esters is 1. The van der Waals surface area contributed by atoms with Crippen molar-refractivity contribution in [3.8, 4) is 0 Å². The largest absolute Gasteiger partial charge is 0.456 e. The Balaban J connectivity index is 1.90. The zero-order chi connectivity index (χ0) is 17.5. The summed E-state index contributed by atoms with van der Waals surface area (Å²) in [4.78, 5) is 12.2. The number of aliphatic hydroxyl groups is 1. The molecular weight excluding hydrogens is 304 g/mol. The average molecular weight is 334 g/mol. The van der Waals surface area contributed by atoms with E-state index in [9.17, 15) is 9.90 Å². The van der Waals surface area contributed by atoms with Crippen LogP contribution in [0.4, 0.5) is 0 Å². The zero-order valence-electron chi connectivity index (χ0n) is 15.1. The van der Waals surface area contributed by atoms with E-state index in [0.29, 0.717) is 18.4 Å². The van der Waals surface area contributed by atoms with Gasteiger partial charge in [-0.05, 0) is 58.3 Å². The van der Waals surface area contributed by atoms with Gasteiger partial charge in [0.05, 0.1) is 11.7 Å². The fraction of sp³-hybridized carbons (Fsp3) is 0.750. The number of fused-ring (bicyclic) bond motifs is 1. The van der Waals surface area contributed by atoms with E-state index in [0.717, 1.165) is 25.7 Å². The molecule has 134 valence electrons. The van der Waals surface area contributed by atoms with Gasteiger partial charge >= 0.3 is 5.97 Å². The Morgan fingerprint density at radius 1 is 1.38 bits per heavy atom. The molecule has 4 nitrogen and oxygen atoms in total. The van der Waals surface area contributed by atoms with Crippen molar-refractivity contribution in [1.29, 1.82) is 0 Å². The molecule has 0 unspecified atom stereocenters. The Kier molecular flexibility index (Phi) is 4.89. The lowest BCUT2D eigenvalue weighted by Gasteiger charge is -2.37. The number of carbonyl (C=O) groups is 1. The number of ether oxygens (including phenoxy) is 2. The number of rotatable bonds is 0. The van der Waals surface area contributed by atoms with Gasteiger partial charge in [-0.2, -0.15) is 0 Å². The molecule has 3 rings (SSSR count). The van der Waals surface area contributed by atoms with E-state index in [1.165, 1.54) is 5.57 Å². The van der Waals surface area contributed by atoms with Gasteiger partial charge in [-0.3, -0.25) is 0 Å². The standard InChI is InChI=1S/C20H30O4/c1-12-7-5-9-13(2)17-18-15(14(3)19(21)24-17)11-16(23-18)20(4,22)10-6-8-12/h7,13,15-18,22H,3,5-6,8-11H2,1-2,4H3/b12-7+/t13-,15-,16-,17-,18+,20+/m0/s1. The van der Waals surface area contributed by atoms with Crippen LogP contribution in [-0.4, -0.2) is 35.0 Å². The molecule has 0 aromatic rings. The summed E-state index contributed by atoms with van der Waals surface area (Å²) < 4.78 is 11.9. The van der Waals surface area contributed by atoms with E-state index in [4.69, 9.17) is 9.47 Å². The van der Waals surface area contributed by atoms with E-state index in [1.807, 2.05) is 6.92 Å². The first kappa shape index (κ1) is 17.7. The maximum absolute atomic E-state index is 12.2. The highest BCUT2D eigenvalue weighted by atomic mass is 16.6. The van der Waals surface area contributed by atoms with Gasteiger partial charge in [-0.25, -0.2) is 4.79 Å². The van der Waals surface area contributed by atoms with Gasteiger partial charge < -0.3 is 14.6 Å². The summed E-state index contributed by atoms with van der Waals surface area (Å²) >= 11 is 0. The van der Waals surface area contributed by atoms with Gasteiger partial charge in [-0.1, -0.05) is 25.2 Å². The summed E-state index contributed by atoms with van der Waals surface area (Å²) in [5.74, 6) is -0.103. The molecule has 4 heteroatoms. The first-order valence-electron chi connectivity index (χ1n) is 9.23. The van der Waals surface area contributed by atoms with Crippen LogP contribution in [0.15, 0.2) is 23.8 Å². The Morgan fingerprint density at radius 2 is 2.12 bits per heavy atom. The van der Waals surface area contributed by atoms with Crippen molar-refractivity contribution in [3.05, 3.63) is 23.8 Å². The number of allylic oxidation sites excluding steroid dienone is 2. The van der Waals surface area contributed by atoms with Crippen molar-refractivity contribution >= 4 is 5.97 Å². The lowest BCUT2D eigenvalue weighted by Crippen LogP contribution is -2.47. The van der Waals surface area contributed by atoms with E-state index in [-0.39, 0.29) is 36.1 Å². The molecule has 3 aliphatic heterocycles. The molecule has 24 heavy (non-hydrogen) atoms. The molecule has 0 radical (unpaired) electrons. The minimum Gasteiger partial charge on any atom is -0.456 e. The van der Waals surface area contributed by atoms with Crippen molar-refractivity contribution in [3.63, 3.8) is 0 Å². The second-order valence-corrected chi connectivity index (χ2v) is 8.14. The summed E-state index contributed by atoms with van der Waals surface area (Å²) in [7, 11) is 0. The molecule has 6 atom stereocenters. The van der Waals surface area contributed by atoms with Crippen LogP contribution < -0.4 is 0 Å². The normalized spacial score (nSPS) is 46.2. The quantitative estimate of drug-likeness (QED) is 0.418. The highest BCUT2D eigenvalue weighted by Gasteiger charge is 2.53. The maximum Gasteiger partial charge on any atom is 0.334 e. The lowest BCUT2D eigenvalue weighted by molar-refractivity contribution is -0.174. The van der Waals surface area contributed by atoms with Gasteiger partial charge in [0.15, 0.2) is 0 Å². The van der Waals surface area contributed by atoms with E-state index >= 15 is 0 Å². The number of hydrogen-bond acceptors (Lipinski definition) is 4. The third kappa shape index (κ3) is 3.31. The molecule has 0 saturated carbocycles. The molecule has 3 heterocycles. The fourth-order valence-corrected chi connectivity index (χ4v) is 4.35. The number of hydrogen-bond donors (Lipinski definition) is 1. The van der Waals surface area contributed by atoms with Crippen LogP contribution in [0.2, 0.25) is 0 Å². The predicted molar refractivity (Wildman–Crippen MR) is 92.4 cm³/mol. The number of carbonyl (C=O) groups excluding carboxylic acids is 1. The maximum atomic E-state index is 12.2. The van der Waals surface area contributed by atoms with Crippen LogP contribution in [0.25, 0.3) is 0 Å². The fourth-order valence-electron chi connectivity index (χ4n) is 4.35. The SMILES string of the molecule is C=C1C(=O)O[C@@H]2[C@@H]3O[C@@H](C[C@@H]13)[C@](C)(O)CCC/C(C)=C/CC[C@@H]2C. The first-order valence-corrected chi connectivity index (χ1v) is 9.23. The Labute approximate surface area is 144 Å². The van der Waals surface area contributed by atoms with E-state index in [2.05, 4.69) is 26.5 Å². The monoisotopic (exact) mass is 334 g/mol. The molecule has 2 bridgehead atoms. The van der Waals surface area contributed by atoms with Crippen LogP contribution in [0.1, 0.15) is 59.3 Å². The third-order valence-corrected chi connectivity index (χ3v) is 6.09. The highest BCUT2D eigenvalue weighted by molar-refractivity contribution is 5.89. The molecule has 0 spiro atoms. The minimum absolute atomic E-state index is 0.0320. The van der Waals surface area contributed by atoms with Crippen molar-refractivity contribution in [1.82, 2.24) is 0 Å². The van der Waals surface area contributed by atoms with Crippen LogP contribution in [0, 0.1) is 11.8 Å². The van der Waals surface area contributed by atoms with Crippen LogP contribution in [0.3, 0.4) is 0 Å². The Bertz CT molecular complexity index is 548. The topological polar surface area (TPSA) is 55.8 Å². The lowest BCUT2D eigenvalue weighted by atomic mass is 9.79. The average Bonchev–Trinajstić information content (AvgIpc) is 2.96. The summed E-state index contributed by atoms with van der Waals surface area (Å²) in [5.41, 5.74) is 0.989. The van der Waals surface area contributed by atoms with Gasteiger partial charge in [0.2, 0.25) is 0 Å². The smallest absolute Gasteiger partial charge is 0.334 e. The summed E-state index contributed by atoms with van der Waals surface area (Å²) in [6, 6.07) is 0. The van der Waals surface area contributed by atoms with E-state index in [1.54, 1.807) is 0 Å². The summed E-state index contributed by atoms with van der Waals surface area (Å²) in [5, 5.41) is 10.9. The molecule has 2 saturated heterocycles. The van der Waals surface area contributed by atoms with Crippen molar-refractivity contribution in [2.45, 2.75) is 83.2 Å². The molecule has 0 amide bonds. The van der Waals surface area contributed by atoms with Gasteiger partial charge in [-0.15, -0.1) is 0 Å². The Morgan fingerprint density at radius 3 is 2.88 bits per heavy atom. The zero-order valence-corrected chi connectivity index (χ0v) is 15.1. The van der Waals surface area contributed by atoms with Crippen molar-refractivity contribution in [2.75, 3.05) is 0 Å². The van der Waals surface area contributed by atoms with Gasteiger partial charge in [0.1, 0.15) is 12.2 Å². The predicted octanol–water partition coefficient (Wildman–Crippen LogP) is 3.54. The second kappa shape index (κ2) is 6.64. The highest BCUT2D eigenvalue weighted by Crippen LogP contribution is 2.45. The minimum atomic E-state index is -0.886. The van der Waals surface area contributed by atoms with Crippen molar-refractivity contribution < 1.29 is 19.4 Å². The van der Waals surface area contributed by atoms with Crippen molar-refractivity contribution in [2.24, 2.45) is 11.8 Å². The molecule has 2 fully saturated rings. The molecule has 0 aliphatic carbocycles. The molecule has 0 aromatic heterocycles. The molecule has 0 aromatic carbocycles. The molecule has 3 aliphatic rings. The summed E-state index contributed by atoms with van der Waals surface area (Å²) in [6.45, 7) is 10.1. The van der Waals surface area contributed by atoms with Crippen LogP contribution in [-0.2, 0) is 14.3 Å². The summed E-state index contributed by atoms with van der Waals surface area (Å²) in [6.07, 6.45) is 6.86. The van der Waals surface area contributed by atoms with Gasteiger partial charge in [0.25, 0.3) is 0 Å². The van der Waals surface area contributed by atoms with E-state index < -0.39 is 5.60 Å². The second-order valence-electron chi connectivity index (χ2n) is 8.14. The Hall–Kier alpha value is -1.13. The third-order valence-electron chi connectivity index (χ3n) is 6.09. The van der Waals surface area contributed by atoms with Crippen LogP contribution in [0.5, 0.6) is 0 Å². The van der Waals surface area contributed by atoms with Crippen LogP contribution >= 0.6 is 0 Å². The van der Waals surface area contributed by atoms with Gasteiger partial charge in [0, 0.05) is 11.5 Å². The molecule has 1 N–H and O–H groups in total. The first-order chi connectivity index (χ1) is 11.3.